The van der Waals surface area contributed by atoms with Gasteiger partial charge in [0.25, 0.3) is 0 Å². The third-order valence-electron chi connectivity index (χ3n) is 2.91. The van der Waals surface area contributed by atoms with Crippen LogP contribution in [0.4, 0.5) is 0 Å². The number of β-amino-alcohol motifs (C(OH)–C–C–N with tert-alkyl or cyclic N) is 1. The Balaban J connectivity index is 2.33. The number of likely N-dealkylation sites (tertiary alicyclic amines) is 1. The van der Waals surface area contributed by atoms with Gasteiger partial charge < -0.3 is 15.1 Å². The van der Waals surface area contributed by atoms with Crippen molar-refractivity contribution in [1.29, 1.82) is 0 Å². The molecule has 0 spiro atoms. The highest BCUT2D eigenvalue weighted by Gasteiger charge is 2.35. The van der Waals surface area contributed by atoms with Gasteiger partial charge in [0, 0.05) is 13.1 Å². The van der Waals surface area contributed by atoms with Crippen LogP contribution in [0, 0.1) is 0 Å². The molecule has 0 aromatic carbocycles. The Morgan fingerprint density at radius 2 is 2.23 bits per heavy atom. The molecule has 1 fully saturated rings. The molecule has 1 heterocycles. The van der Waals surface area contributed by atoms with Crippen LogP contribution in [0.25, 0.3) is 0 Å². The maximum Gasteiger partial charge on any atom is 0.0951 e. The largest absolute Gasteiger partial charge is 0.389 e. The number of aliphatic hydroxyl groups excluding tert-OH is 1. The highest BCUT2D eigenvalue weighted by Crippen LogP contribution is 2.21. The van der Waals surface area contributed by atoms with Crippen LogP contribution in [0.15, 0.2) is 0 Å². The Morgan fingerprint density at radius 1 is 1.54 bits per heavy atom. The molecular weight excluding hydrogens is 166 g/mol. The van der Waals surface area contributed by atoms with Crippen LogP contribution in [0.2, 0.25) is 0 Å². The summed E-state index contributed by atoms with van der Waals surface area (Å²) in [6.45, 7) is 6.45. The van der Waals surface area contributed by atoms with Gasteiger partial charge in [-0.25, -0.2) is 0 Å². The number of hydrogen-bond donors (Lipinski definition) is 2. The van der Waals surface area contributed by atoms with E-state index in [0.717, 1.165) is 13.1 Å². The van der Waals surface area contributed by atoms with Crippen LogP contribution < -0.4 is 0 Å². The van der Waals surface area contributed by atoms with Crippen molar-refractivity contribution in [2.45, 2.75) is 44.8 Å². The summed E-state index contributed by atoms with van der Waals surface area (Å²) >= 11 is 0. The molecule has 2 N–H and O–H groups in total. The Hall–Kier alpha value is -0.120. The monoisotopic (exact) mass is 187 g/mol. The van der Waals surface area contributed by atoms with E-state index in [9.17, 15) is 10.2 Å². The predicted molar refractivity (Wildman–Crippen MR) is 52.6 cm³/mol. The van der Waals surface area contributed by atoms with Gasteiger partial charge in [-0.15, -0.1) is 0 Å². The number of hydrogen-bond acceptors (Lipinski definition) is 3. The summed E-state index contributed by atoms with van der Waals surface area (Å²) in [5.74, 6) is 0. The van der Waals surface area contributed by atoms with Crippen LogP contribution in [0.3, 0.4) is 0 Å². The van der Waals surface area contributed by atoms with E-state index in [2.05, 4.69) is 11.8 Å². The summed E-state index contributed by atoms with van der Waals surface area (Å²) in [5, 5.41) is 19.3. The first-order valence-electron chi connectivity index (χ1n) is 5.19. The summed E-state index contributed by atoms with van der Waals surface area (Å²) in [6.07, 6.45) is 2.45. The first-order chi connectivity index (χ1) is 6.06. The molecule has 3 heteroatoms. The fourth-order valence-electron chi connectivity index (χ4n) is 1.67. The number of unbranched alkanes of at least 4 members (excludes halogenated alkanes) is 1. The third-order valence-corrected chi connectivity index (χ3v) is 2.91. The molecule has 0 radical (unpaired) electrons. The summed E-state index contributed by atoms with van der Waals surface area (Å²) in [4.78, 5) is 2.23. The molecule has 0 aliphatic carbocycles. The van der Waals surface area contributed by atoms with Gasteiger partial charge in [0.15, 0.2) is 0 Å². The Bertz CT molecular complexity index is 159. The second kappa shape index (κ2) is 4.40. The summed E-state index contributed by atoms with van der Waals surface area (Å²) < 4.78 is 0. The van der Waals surface area contributed by atoms with Crippen molar-refractivity contribution in [3.8, 4) is 0 Å². The maximum absolute atomic E-state index is 9.71. The lowest BCUT2D eigenvalue weighted by molar-refractivity contribution is -0.107. The number of rotatable bonds is 3. The maximum atomic E-state index is 9.71. The highest BCUT2D eigenvalue weighted by molar-refractivity contribution is 4.89. The molecule has 0 aromatic heterocycles. The van der Waals surface area contributed by atoms with E-state index in [1.54, 1.807) is 6.92 Å². The summed E-state index contributed by atoms with van der Waals surface area (Å²) in [7, 11) is 0. The van der Waals surface area contributed by atoms with E-state index in [1.165, 1.54) is 12.8 Å². The molecule has 1 saturated heterocycles. The molecule has 2 atom stereocenters. The summed E-state index contributed by atoms with van der Waals surface area (Å²) in [6, 6.07) is 0. The van der Waals surface area contributed by atoms with Crippen molar-refractivity contribution in [3.63, 3.8) is 0 Å². The van der Waals surface area contributed by atoms with Crippen molar-refractivity contribution < 1.29 is 10.2 Å². The van der Waals surface area contributed by atoms with Gasteiger partial charge in [0.1, 0.15) is 0 Å². The number of piperidine rings is 1. The minimum Gasteiger partial charge on any atom is -0.389 e. The zero-order chi connectivity index (χ0) is 9.90. The molecule has 78 valence electrons. The van der Waals surface area contributed by atoms with Gasteiger partial charge in [-0.2, -0.15) is 0 Å². The standard InChI is InChI=1S/C10H21NO2/c1-3-4-6-11-7-5-10(2,13)9(12)8-11/h9,12-13H,3-8H2,1-2H3/t9-,10+/m1/s1. The van der Waals surface area contributed by atoms with Gasteiger partial charge in [-0.3, -0.25) is 0 Å². The summed E-state index contributed by atoms with van der Waals surface area (Å²) in [5.41, 5.74) is -0.872. The molecule has 0 saturated carbocycles. The quantitative estimate of drug-likeness (QED) is 0.680. The van der Waals surface area contributed by atoms with Gasteiger partial charge in [-0.05, 0) is 26.3 Å². The molecule has 3 nitrogen and oxygen atoms in total. The van der Waals surface area contributed by atoms with Crippen molar-refractivity contribution >= 4 is 0 Å². The zero-order valence-electron chi connectivity index (χ0n) is 8.66. The van der Waals surface area contributed by atoms with E-state index in [0.29, 0.717) is 13.0 Å². The topological polar surface area (TPSA) is 43.7 Å². The fraction of sp³-hybridized carbons (Fsp3) is 1.00. The van der Waals surface area contributed by atoms with Crippen LogP contribution in [0.5, 0.6) is 0 Å². The molecule has 1 aliphatic rings. The molecule has 0 unspecified atom stereocenters. The van der Waals surface area contributed by atoms with E-state index in [4.69, 9.17) is 0 Å². The van der Waals surface area contributed by atoms with Crippen LogP contribution in [-0.4, -0.2) is 46.5 Å². The fourth-order valence-corrected chi connectivity index (χ4v) is 1.67. The van der Waals surface area contributed by atoms with E-state index < -0.39 is 11.7 Å². The second-order valence-electron chi connectivity index (χ2n) is 4.28. The van der Waals surface area contributed by atoms with E-state index >= 15 is 0 Å². The van der Waals surface area contributed by atoms with Gasteiger partial charge in [-0.1, -0.05) is 13.3 Å². The lowest BCUT2D eigenvalue weighted by Gasteiger charge is -2.39. The Labute approximate surface area is 80.4 Å². The molecular formula is C10H21NO2. The van der Waals surface area contributed by atoms with Crippen LogP contribution in [-0.2, 0) is 0 Å². The predicted octanol–water partition coefficient (Wildman–Crippen LogP) is 0.604. The third kappa shape index (κ3) is 2.93. The number of nitrogens with zero attached hydrogens (tertiary/aromatic N) is 1. The first-order valence-corrected chi connectivity index (χ1v) is 5.19. The van der Waals surface area contributed by atoms with E-state index in [1.807, 2.05) is 0 Å². The van der Waals surface area contributed by atoms with Crippen molar-refractivity contribution in [2.75, 3.05) is 19.6 Å². The minimum atomic E-state index is -0.872. The average molecular weight is 187 g/mol. The Kier molecular flexibility index (Phi) is 3.71. The number of aliphatic hydroxyl groups is 2. The van der Waals surface area contributed by atoms with Gasteiger partial charge >= 0.3 is 0 Å². The van der Waals surface area contributed by atoms with Crippen molar-refractivity contribution in [1.82, 2.24) is 4.90 Å². The normalized spacial score (nSPS) is 36.5. The molecule has 0 aromatic rings. The smallest absolute Gasteiger partial charge is 0.0951 e. The molecule has 1 rings (SSSR count). The van der Waals surface area contributed by atoms with Crippen LogP contribution in [0.1, 0.15) is 33.1 Å². The molecule has 0 amide bonds. The first kappa shape index (κ1) is 11.0. The zero-order valence-corrected chi connectivity index (χ0v) is 8.66. The SMILES string of the molecule is CCCCN1CC[C@](C)(O)[C@H](O)C1. The highest BCUT2D eigenvalue weighted by atomic mass is 16.3. The average Bonchev–Trinajstić information content (AvgIpc) is 2.07. The lowest BCUT2D eigenvalue weighted by Crippen LogP contribution is -2.53. The van der Waals surface area contributed by atoms with Gasteiger partial charge in [0.2, 0.25) is 0 Å². The molecule has 0 bridgehead atoms. The van der Waals surface area contributed by atoms with Crippen molar-refractivity contribution in [3.05, 3.63) is 0 Å². The second-order valence-corrected chi connectivity index (χ2v) is 4.28. The van der Waals surface area contributed by atoms with Gasteiger partial charge in [0.05, 0.1) is 11.7 Å². The lowest BCUT2D eigenvalue weighted by atomic mass is 9.91. The molecule has 1 aliphatic heterocycles. The molecule has 13 heavy (non-hydrogen) atoms. The Morgan fingerprint density at radius 3 is 2.77 bits per heavy atom. The van der Waals surface area contributed by atoms with Crippen LogP contribution >= 0.6 is 0 Å². The minimum absolute atomic E-state index is 0.585. The van der Waals surface area contributed by atoms with Crippen molar-refractivity contribution in [2.24, 2.45) is 0 Å². The van der Waals surface area contributed by atoms with E-state index in [-0.39, 0.29) is 0 Å².